The topological polar surface area (TPSA) is 52.0 Å². The minimum absolute atomic E-state index is 0.229. The Kier molecular flexibility index (Phi) is 1.98. The van der Waals surface area contributed by atoms with Crippen molar-refractivity contribution in [3.63, 3.8) is 0 Å². The molecule has 4 N–H and O–H groups in total. The Hall–Kier alpha value is 0.478. The predicted molar refractivity (Wildman–Crippen MR) is 17.9 cm³/mol. The molecule has 0 unspecified atom stereocenters. The minimum atomic E-state index is -0.229. The van der Waals surface area contributed by atoms with Gasteiger partial charge in [-0.15, -0.1) is 0 Å². The van der Waals surface area contributed by atoms with E-state index in [1.807, 2.05) is 0 Å². The molecule has 0 aliphatic carbocycles. The van der Waals surface area contributed by atoms with Crippen molar-refractivity contribution in [2.75, 3.05) is 0 Å². The van der Waals surface area contributed by atoms with Gasteiger partial charge in [-0.1, -0.05) is 0 Å². The van der Waals surface area contributed by atoms with Gasteiger partial charge in [0, 0.05) is 0 Å². The molecule has 0 amide bonds. The van der Waals surface area contributed by atoms with Gasteiger partial charge >= 0.3 is 33.3 Å². The summed E-state index contributed by atoms with van der Waals surface area (Å²) in [5.74, 6) is 0. The zero-order valence-electron chi connectivity index (χ0n) is 2.18. The van der Waals surface area contributed by atoms with Crippen molar-refractivity contribution in [3.8, 4) is 0 Å². The second-order valence-corrected chi connectivity index (χ2v) is 1.74. The molecule has 0 aromatic heterocycles. The molecule has 0 aromatic rings. The van der Waals surface area contributed by atoms with Gasteiger partial charge in [0.25, 0.3) is 0 Å². The molecule has 2 radical (unpaired) electrons. The fraction of sp³-hybridized carbons (Fsp3) is 1.00. The van der Waals surface area contributed by atoms with Crippen LogP contribution in [-0.2, 0) is 0 Å². The first-order valence-electron chi connectivity index (χ1n) is 0.925. The molecule has 0 saturated carbocycles. The molecule has 3 heteroatoms. The van der Waals surface area contributed by atoms with Crippen LogP contribution in [0.2, 0.25) is 0 Å². The van der Waals surface area contributed by atoms with Crippen molar-refractivity contribution < 1.29 is 0 Å². The number of hydrogen-bond donors (Lipinski definition) is 2. The van der Waals surface area contributed by atoms with E-state index < -0.39 is 0 Å². The van der Waals surface area contributed by atoms with E-state index >= 15 is 0 Å². The van der Waals surface area contributed by atoms with Crippen molar-refractivity contribution >= 4 is 16.9 Å². The van der Waals surface area contributed by atoms with E-state index in [4.69, 9.17) is 11.5 Å². The van der Waals surface area contributed by atoms with Crippen LogP contribution in [0.15, 0.2) is 0 Å². The molecule has 0 aliphatic rings. The molecule has 0 aromatic carbocycles. The average molecular weight is 120 g/mol. The van der Waals surface area contributed by atoms with E-state index in [0.717, 1.165) is 0 Å². The van der Waals surface area contributed by atoms with Crippen LogP contribution in [0.5, 0.6) is 0 Å². The molecular weight excluding hydrogens is 115 g/mol. The van der Waals surface area contributed by atoms with Crippen LogP contribution in [0.1, 0.15) is 0 Å². The molecule has 0 heterocycles. The van der Waals surface area contributed by atoms with Crippen LogP contribution < -0.4 is 11.5 Å². The van der Waals surface area contributed by atoms with Gasteiger partial charge in [-0.25, -0.2) is 0 Å². The summed E-state index contributed by atoms with van der Waals surface area (Å²) >= 11 is 2.09. The molecule has 0 saturated heterocycles. The fourth-order valence-corrected chi connectivity index (χ4v) is 0. The van der Waals surface area contributed by atoms with Gasteiger partial charge in [0.1, 0.15) is 0 Å². The van der Waals surface area contributed by atoms with Crippen molar-refractivity contribution in [3.05, 3.63) is 0 Å². The Morgan fingerprint density at radius 3 is 1.50 bits per heavy atom. The first kappa shape index (κ1) is 4.48. The van der Waals surface area contributed by atoms with Gasteiger partial charge in [-0.3, -0.25) is 0 Å². The summed E-state index contributed by atoms with van der Waals surface area (Å²) in [6, 6.07) is 0. The molecule has 4 heavy (non-hydrogen) atoms. The first-order valence-corrected chi connectivity index (χ1v) is 2.01. The van der Waals surface area contributed by atoms with E-state index in [9.17, 15) is 0 Å². The van der Waals surface area contributed by atoms with Gasteiger partial charge < -0.3 is 0 Å². The normalized spacial score (nSPS) is 9.00. The zero-order valence-corrected chi connectivity index (χ0v) is 4.06. The number of hydrogen-bond acceptors (Lipinski definition) is 2. The molecule has 24 valence electrons. The van der Waals surface area contributed by atoms with Gasteiger partial charge in [-0.05, 0) is 0 Å². The summed E-state index contributed by atoms with van der Waals surface area (Å²) in [4.78, 5) is -0.229. The van der Waals surface area contributed by atoms with Crippen LogP contribution in [0.4, 0.5) is 0 Å². The average Bonchev–Trinajstić information content (AvgIpc) is 0.811. The summed E-state index contributed by atoms with van der Waals surface area (Å²) in [7, 11) is 0. The van der Waals surface area contributed by atoms with Crippen molar-refractivity contribution in [1.29, 1.82) is 0 Å². The van der Waals surface area contributed by atoms with Crippen LogP contribution in [0, 0.1) is 0 Å². The third kappa shape index (κ3) is 23.7. The molecule has 0 spiro atoms. The Morgan fingerprint density at radius 2 is 1.50 bits per heavy atom. The summed E-state index contributed by atoms with van der Waals surface area (Å²) in [6.07, 6.45) is 0. The molecule has 2 nitrogen and oxygen atoms in total. The third-order valence-corrected chi connectivity index (χ3v) is 0. The molecule has 0 fully saturated rings. The van der Waals surface area contributed by atoms with E-state index in [-0.39, 0.29) is 4.95 Å². The maximum absolute atomic E-state index is 4.86. The van der Waals surface area contributed by atoms with Gasteiger partial charge in [-0.2, -0.15) is 0 Å². The van der Waals surface area contributed by atoms with Gasteiger partial charge in [0.05, 0.1) is 0 Å². The molecule has 0 aliphatic heterocycles. The Labute approximate surface area is 34.0 Å². The maximum atomic E-state index is 4.86. The molecule has 0 atom stereocenters. The Bertz CT molecular complexity index is 10.8. The van der Waals surface area contributed by atoms with Crippen LogP contribution >= 0.6 is 0 Å². The molecule has 0 bridgehead atoms. The fourth-order valence-electron chi connectivity index (χ4n) is 0. The van der Waals surface area contributed by atoms with Gasteiger partial charge in [0.2, 0.25) is 0 Å². The van der Waals surface area contributed by atoms with E-state index in [1.165, 1.54) is 0 Å². The second-order valence-electron chi connectivity index (χ2n) is 0.491. The van der Waals surface area contributed by atoms with Gasteiger partial charge in [0.15, 0.2) is 0 Å². The van der Waals surface area contributed by atoms with Crippen molar-refractivity contribution in [2.45, 2.75) is 4.95 Å². The second kappa shape index (κ2) is 1.77. The quantitative estimate of drug-likeness (QED) is 0.297. The van der Waals surface area contributed by atoms with Crippen LogP contribution in [-0.4, -0.2) is 21.8 Å². The summed E-state index contributed by atoms with van der Waals surface area (Å²) in [5.41, 5.74) is 9.72. The Morgan fingerprint density at radius 1 is 1.50 bits per heavy atom. The predicted octanol–water partition coefficient (Wildman–Crippen LogP) is -1.64. The monoisotopic (exact) mass is 120 g/mol. The number of rotatable bonds is 0. The van der Waals surface area contributed by atoms with Crippen molar-refractivity contribution in [2.24, 2.45) is 11.5 Å². The Balaban J connectivity index is 2.32. The van der Waals surface area contributed by atoms with E-state index in [2.05, 4.69) is 16.9 Å². The third-order valence-electron chi connectivity index (χ3n) is 0. The molecule has 0 rings (SSSR count). The summed E-state index contributed by atoms with van der Waals surface area (Å²) < 4.78 is 0. The van der Waals surface area contributed by atoms with E-state index in [1.54, 1.807) is 0 Å². The van der Waals surface area contributed by atoms with Crippen LogP contribution in [0.25, 0.3) is 0 Å². The van der Waals surface area contributed by atoms with E-state index in [0.29, 0.717) is 0 Å². The summed E-state index contributed by atoms with van der Waals surface area (Å²) in [6.45, 7) is 0. The zero-order chi connectivity index (χ0) is 3.58. The number of nitrogens with two attached hydrogens (primary N) is 2. The van der Waals surface area contributed by atoms with Crippen LogP contribution in [0.3, 0.4) is 0 Å². The standard InChI is InChI=1S/CH5AsN2/c2-1(3)4/h1H,3-4H2. The summed E-state index contributed by atoms with van der Waals surface area (Å²) in [5, 5.41) is 0. The van der Waals surface area contributed by atoms with Crippen molar-refractivity contribution in [1.82, 2.24) is 0 Å². The SMILES string of the molecule is NC(N)[As]. The first-order chi connectivity index (χ1) is 1.73. The molecular formula is CH5AsN2.